The van der Waals surface area contributed by atoms with Gasteiger partial charge < -0.3 is 10.6 Å². The van der Waals surface area contributed by atoms with Crippen molar-refractivity contribution in [1.29, 1.82) is 0 Å². The van der Waals surface area contributed by atoms with E-state index >= 15 is 0 Å². The van der Waals surface area contributed by atoms with Gasteiger partial charge in [-0.2, -0.15) is 5.10 Å². The first-order chi connectivity index (χ1) is 8.47. The summed E-state index contributed by atoms with van der Waals surface area (Å²) in [6.45, 7) is 7.93. The van der Waals surface area contributed by atoms with Crippen LogP contribution in [0.3, 0.4) is 0 Å². The van der Waals surface area contributed by atoms with Crippen molar-refractivity contribution in [2.24, 2.45) is 0 Å². The van der Waals surface area contributed by atoms with E-state index in [0.29, 0.717) is 18.2 Å². The topological polar surface area (TPSA) is 59.0 Å². The molecule has 0 saturated carbocycles. The van der Waals surface area contributed by atoms with Gasteiger partial charge in [0.1, 0.15) is 0 Å². The number of aromatic nitrogens is 2. The smallest absolute Gasteiger partial charge is 0.254 e. The van der Waals surface area contributed by atoms with Crippen LogP contribution in [0.1, 0.15) is 44.0 Å². The normalized spacial score (nSPS) is 19.0. The highest BCUT2D eigenvalue weighted by Gasteiger charge is 2.18. The van der Waals surface area contributed by atoms with E-state index < -0.39 is 0 Å². The number of hydrogen-bond donors (Lipinski definition) is 2. The maximum absolute atomic E-state index is 11.9. The van der Waals surface area contributed by atoms with Gasteiger partial charge in [0.25, 0.3) is 5.91 Å². The molecule has 1 atom stereocenters. The van der Waals surface area contributed by atoms with E-state index in [2.05, 4.69) is 36.5 Å². The molecule has 1 aromatic heterocycles. The Morgan fingerprint density at radius 1 is 1.58 bits per heavy atom. The van der Waals surface area contributed by atoms with Gasteiger partial charge in [-0.15, -0.1) is 12.4 Å². The van der Waals surface area contributed by atoms with Gasteiger partial charge in [-0.1, -0.05) is 0 Å². The van der Waals surface area contributed by atoms with Gasteiger partial charge in [0.05, 0.1) is 17.3 Å². The third-order valence-electron chi connectivity index (χ3n) is 3.20. The lowest BCUT2D eigenvalue weighted by molar-refractivity contribution is 0.0950. The number of carbonyl (C=O) groups is 1. The van der Waals surface area contributed by atoms with E-state index in [4.69, 9.17) is 0 Å². The van der Waals surface area contributed by atoms with Crippen LogP contribution in [0.4, 0.5) is 0 Å². The first kappa shape index (κ1) is 16.0. The predicted molar refractivity (Wildman–Crippen MR) is 77.8 cm³/mol. The lowest BCUT2D eigenvalue weighted by Gasteiger charge is -2.18. The van der Waals surface area contributed by atoms with Crippen LogP contribution < -0.4 is 10.6 Å². The third-order valence-corrected chi connectivity index (χ3v) is 3.20. The molecule has 1 aromatic rings. The fourth-order valence-corrected chi connectivity index (χ4v) is 2.06. The Labute approximate surface area is 120 Å². The van der Waals surface area contributed by atoms with Crippen molar-refractivity contribution < 1.29 is 4.79 Å². The van der Waals surface area contributed by atoms with Crippen molar-refractivity contribution in [3.05, 3.63) is 18.0 Å². The molecule has 5 nitrogen and oxygen atoms in total. The first-order valence-corrected chi connectivity index (χ1v) is 6.53. The lowest BCUT2D eigenvalue weighted by Crippen LogP contribution is -2.37. The molecule has 1 unspecified atom stereocenters. The van der Waals surface area contributed by atoms with Crippen LogP contribution in [-0.2, 0) is 5.54 Å². The van der Waals surface area contributed by atoms with Gasteiger partial charge in [0.2, 0.25) is 0 Å². The van der Waals surface area contributed by atoms with Crippen molar-refractivity contribution in [3.63, 3.8) is 0 Å². The molecule has 1 fully saturated rings. The van der Waals surface area contributed by atoms with E-state index in [9.17, 15) is 4.79 Å². The van der Waals surface area contributed by atoms with Crippen LogP contribution in [-0.4, -0.2) is 34.8 Å². The number of nitrogens with zero attached hydrogens (tertiary/aromatic N) is 2. The van der Waals surface area contributed by atoms with Crippen LogP contribution in [0.15, 0.2) is 12.4 Å². The van der Waals surface area contributed by atoms with E-state index in [-0.39, 0.29) is 23.9 Å². The Kier molecular flexibility index (Phi) is 5.38. The molecular weight excluding hydrogens is 264 g/mol. The van der Waals surface area contributed by atoms with Gasteiger partial charge in [-0.3, -0.25) is 9.48 Å². The zero-order valence-electron chi connectivity index (χ0n) is 11.8. The maximum Gasteiger partial charge on any atom is 0.254 e. The van der Waals surface area contributed by atoms with E-state index in [1.165, 1.54) is 6.42 Å². The molecule has 0 aromatic carbocycles. The Morgan fingerprint density at radius 3 is 2.84 bits per heavy atom. The molecular formula is C13H23ClN4O. The van der Waals surface area contributed by atoms with Crippen molar-refractivity contribution in [3.8, 4) is 0 Å². The molecule has 1 aliphatic heterocycles. The van der Waals surface area contributed by atoms with Crippen molar-refractivity contribution in [2.45, 2.75) is 45.2 Å². The highest BCUT2D eigenvalue weighted by Crippen LogP contribution is 2.13. The molecule has 0 spiro atoms. The van der Waals surface area contributed by atoms with E-state index in [1.807, 2.05) is 4.68 Å². The van der Waals surface area contributed by atoms with Crippen LogP contribution in [0.25, 0.3) is 0 Å². The number of rotatable bonds is 3. The summed E-state index contributed by atoms with van der Waals surface area (Å²) in [5.74, 6) is -0.0424. The third kappa shape index (κ3) is 4.21. The second-order valence-corrected chi connectivity index (χ2v) is 5.85. The van der Waals surface area contributed by atoms with Gasteiger partial charge in [0.15, 0.2) is 0 Å². The zero-order chi connectivity index (χ0) is 13.2. The number of hydrogen-bond acceptors (Lipinski definition) is 3. The Bertz CT molecular complexity index is 419. The summed E-state index contributed by atoms with van der Waals surface area (Å²) in [4.78, 5) is 11.9. The van der Waals surface area contributed by atoms with Gasteiger partial charge in [-0.25, -0.2) is 0 Å². The van der Waals surface area contributed by atoms with Crippen LogP contribution in [0.2, 0.25) is 0 Å². The molecule has 108 valence electrons. The van der Waals surface area contributed by atoms with Crippen molar-refractivity contribution in [2.75, 3.05) is 13.1 Å². The van der Waals surface area contributed by atoms with E-state index in [1.54, 1.807) is 12.4 Å². The number of halogens is 1. The number of carbonyl (C=O) groups excluding carboxylic acids is 1. The highest BCUT2D eigenvalue weighted by atomic mass is 35.5. The highest BCUT2D eigenvalue weighted by molar-refractivity contribution is 5.93. The summed E-state index contributed by atoms with van der Waals surface area (Å²) in [5, 5.41) is 10.5. The monoisotopic (exact) mass is 286 g/mol. The Morgan fingerprint density at radius 2 is 2.32 bits per heavy atom. The fourth-order valence-electron chi connectivity index (χ4n) is 2.06. The van der Waals surface area contributed by atoms with Crippen LogP contribution >= 0.6 is 12.4 Å². The minimum absolute atomic E-state index is 0. The molecule has 0 aliphatic carbocycles. The van der Waals surface area contributed by atoms with Crippen LogP contribution in [0.5, 0.6) is 0 Å². The molecule has 2 heterocycles. The fraction of sp³-hybridized carbons (Fsp3) is 0.692. The second-order valence-electron chi connectivity index (χ2n) is 5.85. The summed E-state index contributed by atoms with van der Waals surface area (Å²) < 4.78 is 1.82. The van der Waals surface area contributed by atoms with E-state index in [0.717, 1.165) is 13.0 Å². The predicted octanol–water partition coefficient (Wildman–Crippen LogP) is 1.54. The molecule has 2 rings (SSSR count). The SMILES string of the molecule is CC(C)(C)n1cc(C(=O)NCC2CCCN2)cn1.Cl. The van der Waals surface area contributed by atoms with Crippen molar-refractivity contribution in [1.82, 2.24) is 20.4 Å². The summed E-state index contributed by atoms with van der Waals surface area (Å²) >= 11 is 0. The average Bonchev–Trinajstić information content (AvgIpc) is 2.96. The zero-order valence-corrected chi connectivity index (χ0v) is 12.6. The minimum atomic E-state index is -0.0917. The minimum Gasteiger partial charge on any atom is -0.350 e. The summed E-state index contributed by atoms with van der Waals surface area (Å²) in [6.07, 6.45) is 5.77. The summed E-state index contributed by atoms with van der Waals surface area (Å²) in [5.41, 5.74) is 0.536. The molecule has 19 heavy (non-hydrogen) atoms. The standard InChI is InChI=1S/C13H22N4O.ClH/c1-13(2,3)17-9-10(7-16-17)12(18)15-8-11-5-4-6-14-11;/h7,9,11,14H,4-6,8H2,1-3H3,(H,15,18);1H. The van der Waals surface area contributed by atoms with Gasteiger partial charge in [0, 0.05) is 18.8 Å². The molecule has 6 heteroatoms. The maximum atomic E-state index is 11.9. The summed E-state index contributed by atoms with van der Waals surface area (Å²) in [6, 6.07) is 0.423. The second kappa shape index (κ2) is 6.39. The number of nitrogens with one attached hydrogen (secondary N) is 2. The van der Waals surface area contributed by atoms with Gasteiger partial charge in [-0.05, 0) is 40.2 Å². The van der Waals surface area contributed by atoms with Crippen LogP contribution in [0, 0.1) is 0 Å². The molecule has 1 aliphatic rings. The molecule has 2 N–H and O–H groups in total. The quantitative estimate of drug-likeness (QED) is 0.886. The molecule has 0 radical (unpaired) electrons. The Hall–Kier alpha value is -1.07. The Balaban J connectivity index is 0.00000180. The molecule has 1 amide bonds. The van der Waals surface area contributed by atoms with Crippen molar-refractivity contribution >= 4 is 18.3 Å². The summed E-state index contributed by atoms with van der Waals surface area (Å²) in [7, 11) is 0. The van der Waals surface area contributed by atoms with Gasteiger partial charge >= 0.3 is 0 Å². The number of amides is 1. The molecule has 1 saturated heterocycles. The average molecular weight is 287 g/mol. The lowest BCUT2D eigenvalue weighted by atomic mass is 10.1. The molecule has 0 bridgehead atoms. The first-order valence-electron chi connectivity index (χ1n) is 6.53. The largest absolute Gasteiger partial charge is 0.350 e.